The van der Waals surface area contributed by atoms with Gasteiger partial charge in [-0.1, -0.05) is 30.3 Å². The van der Waals surface area contributed by atoms with Crippen LogP contribution in [0.2, 0.25) is 0 Å². The number of fused-ring (bicyclic) bond motifs is 1. The number of hydrogen-bond acceptors (Lipinski definition) is 4. The molecule has 2 aromatic carbocycles. The topological polar surface area (TPSA) is 44.7 Å². The van der Waals surface area contributed by atoms with E-state index in [2.05, 4.69) is 29.4 Å². The highest BCUT2D eigenvalue weighted by molar-refractivity contribution is 5.87. The van der Waals surface area contributed by atoms with Crippen molar-refractivity contribution < 1.29 is 9.84 Å². The molecule has 1 saturated heterocycles. The van der Waals surface area contributed by atoms with E-state index in [0.717, 1.165) is 42.6 Å². The van der Waals surface area contributed by atoms with Crippen molar-refractivity contribution in [1.29, 1.82) is 0 Å². The van der Waals surface area contributed by atoms with Gasteiger partial charge in [-0.25, -0.2) is 0 Å². The molecular weight excluding hydrogens is 264 g/mol. The Hall–Kier alpha value is -1.62. The number of morpholine rings is 1. The molecule has 0 aromatic heterocycles. The highest BCUT2D eigenvalue weighted by Gasteiger charge is 2.17. The Kier molecular flexibility index (Phi) is 4.39. The summed E-state index contributed by atoms with van der Waals surface area (Å²) in [6.07, 6.45) is 0.223. The average Bonchev–Trinajstić information content (AvgIpc) is 2.51. The number of phenolic OH excluding ortho intramolecular Hbond substituents is 1. The lowest BCUT2D eigenvalue weighted by Gasteiger charge is -2.28. The van der Waals surface area contributed by atoms with Crippen molar-refractivity contribution in [2.24, 2.45) is 0 Å². The van der Waals surface area contributed by atoms with E-state index in [1.165, 1.54) is 0 Å². The molecule has 1 fully saturated rings. The number of aromatic hydroxyl groups is 1. The first-order valence-electron chi connectivity index (χ1n) is 7.44. The zero-order chi connectivity index (χ0) is 14.7. The largest absolute Gasteiger partial charge is 0.508 e. The Morgan fingerprint density at radius 3 is 2.95 bits per heavy atom. The summed E-state index contributed by atoms with van der Waals surface area (Å²) < 4.78 is 5.74. The average molecular weight is 286 g/mol. The van der Waals surface area contributed by atoms with Crippen LogP contribution in [0.3, 0.4) is 0 Å². The fraction of sp³-hybridized carbons (Fsp3) is 0.412. The molecule has 0 aliphatic carbocycles. The fourth-order valence-corrected chi connectivity index (χ4v) is 2.91. The summed E-state index contributed by atoms with van der Waals surface area (Å²) in [5.74, 6) is 0.364. The highest BCUT2D eigenvalue weighted by atomic mass is 16.5. The van der Waals surface area contributed by atoms with Crippen molar-refractivity contribution in [1.82, 2.24) is 10.2 Å². The van der Waals surface area contributed by atoms with Crippen LogP contribution in [0.25, 0.3) is 10.8 Å². The monoisotopic (exact) mass is 286 g/mol. The fourth-order valence-electron chi connectivity index (χ4n) is 2.91. The van der Waals surface area contributed by atoms with Gasteiger partial charge in [0.15, 0.2) is 0 Å². The minimum atomic E-state index is 0.223. The number of rotatable bonds is 4. The normalized spacial score (nSPS) is 19.2. The van der Waals surface area contributed by atoms with Gasteiger partial charge in [-0.2, -0.15) is 0 Å². The van der Waals surface area contributed by atoms with Crippen molar-refractivity contribution in [3.05, 3.63) is 42.0 Å². The number of ether oxygens (including phenoxy) is 1. The molecule has 0 saturated carbocycles. The van der Waals surface area contributed by atoms with Gasteiger partial charge in [0, 0.05) is 31.7 Å². The van der Waals surface area contributed by atoms with Crippen molar-refractivity contribution in [2.45, 2.75) is 12.6 Å². The lowest BCUT2D eigenvalue weighted by molar-refractivity contribution is 0.00881. The first-order chi connectivity index (χ1) is 10.2. The summed E-state index contributed by atoms with van der Waals surface area (Å²) in [6, 6.07) is 11.9. The van der Waals surface area contributed by atoms with E-state index in [1.54, 1.807) is 6.07 Å². The second kappa shape index (κ2) is 6.43. The third kappa shape index (κ3) is 3.35. The van der Waals surface area contributed by atoms with Crippen LogP contribution in [-0.2, 0) is 11.3 Å². The molecule has 2 aromatic rings. The smallest absolute Gasteiger partial charge is 0.120 e. The van der Waals surface area contributed by atoms with Gasteiger partial charge in [0.1, 0.15) is 5.75 Å². The number of hydrogen-bond donors (Lipinski definition) is 2. The van der Waals surface area contributed by atoms with E-state index in [-0.39, 0.29) is 6.10 Å². The molecule has 0 bridgehead atoms. The maximum atomic E-state index is 10.2. The third-order valence-corrected chi connectivity index (χ3v) is 3.96. The van der Waals surface area contributed by atoms with Crippen LogP contribution in [0.15, 0.2) is 36.4 Å². The quantitative estimate of drug-likeness (QED) is 0.902. The zero-order valence-corrected chi connectivity index (χ0v) is 12.4. The predicted octanol–water partition coefficient (Wildman–Crippen LogP) is 1.97. The summed E-state index contributed by atoms with van der Waals surface area (Å²) in [4.78, 5) is 2.21. The maximum absolute atomic E-state index is 10.2. The van der Waals surface area contributed by atoms with E-state index in [9.17, 15) is 5.11 Å². The Bertz CT molecular complexity index is 609. The zero-order valence-electron chi connectivity index (χ0n) is 12.4. The first-order valence-corrected chi connectivity index (χ1v) is 7.44. The van der Waals surface area contributed by atoms with Gasteiger partial charge < -0.3 is 15.2 Å². The van der Waals surface area contributed by atoms with Crippen LogP contribution in [0.1, 0.15) is 5.56 Å². The number of phenols is 1. The van der Waals surface area contributed by atoms with Crippen LogP contribution < -0.4 is 5.32 Å². The predicted molar refractivity (Wildman–Crippen MR) is 84.6 cm³/mol. The summed E-state index contributed by atoms with van der Waals surface area (Å²) in [5, 5.41) is 15.8. The molecule has 1 atom stereocenters. The maximum Gasteiger partial charge on any atom is 0.120 e. The van der Waals surface area contributed by atoms with Gasteiger partial charge in [0.25, 0.3) is 0 Å². The van der Waals surface area contributed by atoms with E-state index in [1.807, 2.05) is 18.2 Å². The van der Waals surface area contributed by atoms with Crippen LogP contribution >= 0.6 is 0 Å². The Balaban J connectivity index is 1.75. The lowest BCUT2D eigenvalue weighted by atomic mass is 10.0. The Labute approximate surface area is 125 Å². The first kappa shape index (κ1) is 14.3. The van der Waals surface area contributed by atoms with E-state index < -0.39 is 0 Å². The van der Waals surface area contributed by atoms with Crippen LogP contribution in [0, 0.1) is 0 Å². The Morgan fingerprint density at radius 2 is 2.14 bits per heavy atom. The van der Waals surface area contributed by atoms with Gasteiger partial charge in [0.2, 0.25) is 0 Å². The number of nitrogens with one attached hydrogen (secondary N) is 1. The van der Waals surface area contributed by atoms with Crippen LogP contribution in [0.5, 0.6) is 5.75 Å². The van der Waals surface area contributed by atoms with Gasteiger partial charge in [-0.05, 0) is 23.9 Å². The molecule has 0 radical (unpaired) electrons. The van der Waals surface area contributed by atoms with E-state index >= 15 is 0 Å². The molecule has 1 aliphatic heterocycles. The Morgan fingerprint density at radius 1 is 1.29 bits per heavy atom. The third-order valence-electron chi connectivity index (χ3n) is 3.96. The molecule has 4 nitrogen and oxygen atoms in total. The summed E-state index contributed by atoms with van der Waals surface area (Å²) in [7, 11) is 2.07. The van der Waals surface area contributed by atoms with Crippen LogP contribution in [0.4, 0.5) is 0 Å². The second-order valence-corrected chi connectivity index (χ2v) is 5.68. The molecule has 4 heteroatoms. The van der Waals surface area contributed by atoms with Crippen molar-refractivity contribution in [2.75, 3.05) is 33.3 Å². The van der Waals surface area contributed by atoms with Crippen molar-refractivity contribution in [3.8, 4) is 5.75 Å². The minimum Gasteiger partial charge on any atom is -0.508 e. The standard InChI is InChI=1S/C17H22N2O2/c1-19(11-14-10-18-8-9-21-14)12-16-15-5-3-2-4-13(15)6-7-17(16)20/h2-7,14,18,20H,8-12H2,1H3. The van der Waals surface area contributed by atoms with Crippen molar-refractivity contribution >= 4 is 10.8 Å². The van der Waals surface area contributed by atoms with E-state index in [0.29, 0.717) is 12.3 Å². The highest BCUT2D eigenvalue weighted by Crippen LogP contribution is 2.28. The summed E-state index contributed by atoms with van der Waals surface area (Å²) >= 11 is 0. The molecular formula is C17H22N2O2. The molecule has 1 aliphatic rings. The SMILES string of the molecule is CN(Cc1c(O)ccc2ccccc12)CC1CNCCO1. The van der Waals surface area contributed by atoms with E-state index in [4.69, 9.17) is 4.74 Å². The number of nitrogens with zero attached hydrogens (tertiary/aromatic N) is 1. The van der Waals surface area contributed by atoms with Gasteiger partial charge in [-0.15, -0.1) is 0 Å². The second-order valence-electron chi connectivity index (χ2n) is 5.68. The van der Waals surface area contributed by atoms with Gasteiger partial charge in [-0.3, -0.25) is 4.90 Å². The molecule has 0 amide bonds. The number of benzene rings is 2. The molecule has 21 heavy (non-hydrogen) atoms. The molecule has 112 valence electrons. The molecule has 1 unspecified atom stereocenters. The summed E-state index contributed by atoms with van der Waals surface area (Å²) in [6.45, 7) is 4.18. The molecule has 2 N–H and O–H groups in total. The van der Waals surface area contributed by atoms with Crippen LogP contribution in [-0.4, -0.2) is 49.4 Å². The van der Waals surface area contributed by atoms with Gasteiger partial charge in [0.05, 0.1) is 12.7 Å². The number of likely N-dealkylation sites (N-methyl/N-ethyl adjacent to an activating group) is 1. The minimum absolute atomic E-state index is 0.223. The van der Waals surface area contributed by atoms with Gasteiger partial charge >= 0.3 is 0 Å². The molecule has 3 rings (SSSR count). The molecule has 0 spiro atoms. The lowest BCUT2D eigenvalue weighted by Crippen LogP contribution is -2.44. The molecule has 1 heterocycles. The summed E-state index contributed by atoms with van der Waals surface area (Å²) in [5.41, 5.74) is 0.986. The van der Waals surface area contributed by atoms with Crippen molar-refractivity contribution in [3.63, 3.8) is 0 Å².